The maximum absolute atomic E-state index is 6.07. The van der Waals surface area contributed by atoms with Crippen molar-refractivity contribution in [1.82, 2.24) is 39.9 Å². The van der Waals surface area contributed by atoms with E-state index in [1.165, 1.54) is 11.9 Å². The maximum atomic E-state index is 6.07. The number of fused-ring (bicyclic) bond motifs is 1. The standard InChI is InChI=1S/C38H40N10O3/c1-23-16-25(3)42-33(23)32(34-24(2)17-26(4)43-34)29-10-12-31(13-11-29)50-15-5-14-48-18-30(46-47-48)21-49-19-27-6-8-28(9-7-27)20-51-37-35-36(41-22-40-35)44-38(39)45-37/h6-13,16-18,22,42H,5,14-15,19-21H2,1-4H3,(H3,39,40,41,44,45). The summed E-state index contributed by atoms with van der Waals surface area (Å²) in [6.07, 6.45) is 6.36. The van der Waals surface area contributed by atoms with Gasteiger partial charge in [-0.3, -0.25) is 9.67 Å². The first kappa shape index (κ1) is 33.4. The molecular weight excluding hydrogens is 644 g/mol. The van der Waals surface area contributed by atoms with Crippen LogP contribution >= 0.6 is 0 Å². The summed E-state index contributed by atoms with van der Waals surface area (Å²) in [7, 11) is 0. The summed E-state index contributed by atoms with van der Waals surface area (Å²) in [6.45, 7) is 10.7. The molecule has 13 heteroatoms. The third kappa shape index (κ3) is 7.89. The SMILES string of the molecule is CC1=CC(C)=NC1=C(c1ccc(OCCCn2cc(COCc3ccc(COc4nc(N)nc5nc[nH]c45)cc3)nn2)cc1)c1[nH]c(C)cc1C. The minimum absolute atomic E-state index is 0.114. The highest BCUT2D eigenvalue weighted by molar-refractivity contribution is 6.01. The minimum Gasteiger partial charge on any atom is -0.494 e. The Balaban J connectivity index is 0.851. The summed E-state index contributed by atoms with van der Waals surface area (Å²) in [5.41, 5.74) is 18.4. The molecule has 51 heavy (non-hydrogen) atoms. The molecule has 260 valence electrons. The Labute approximate surface area is 295 Å². The number of aromatic nitrogens is 8. The minimum atomic E-state index is 0.114. The van der Waals surface area contributed by atoms with Gasteiger partial charge in [-0.25, -0.2) is 4.98 Å². The van der Waals surface area contributed by atoms with E-state index in [4.69, 9.17) is 24.9 Å². The molecule has 5 heterocycles. The van der Waals surface area contributed by atoms with Gasteiger partial charge >= 0.3 is 0 Å². The number of aromatic amines is 2. The smallest absolute Gasteiger partial charge is 0.245 e. The molecule has 0 saturated heterocycles. The van der Waals surface area contributed by atoms with Gasteiger partial charge in [-0.05, 0) is 79.8 Å². The van der Waals surface area contributed by atoms with Crippen LogP contribution in [0.25, 0.3) is 16.7 Å². The predicted octanol–water partition coefficient (Wildman–Crippen LogP) is 6.42. The van der Waals surface area contributed by atoms with E-state index in [1.54, 1.807) is 0 Å². The van der Waals surface area contributed by atoms with Crippen LogP contribution in [0.3, 0.4) is 0 Å². The topological polar surface area (TPSA) is 167 Å². The second-order valence-electron chi connectivity index (χ2n) is 12.6. The molecule has 0 bridgehead atoms. The predicted molar refractivity (Wildman–Crippen MR) is 195 cm³/mol. The van der Waals surface area contributed by atoms with Gasteiger partial charge in [-0.2, -0.15) is 9.97 Å². The average Bonchev–Trinajstić information content (AvgIpc) is 3.91. The number of ether oxygens (including phenoxy) is 3. The average molecular weight is 685 g/mol. The number of aryl methyl sites for hydroxylation is 3. The summed E-state index contributed by atoms with van der Waals surface area (Å²) < 4.78 is 19.7. The largest absolute Gasteiger partial charge is 0.494 e. The number of nitrogens with one attached hydrogen (secondary N) is 2. The Kier molecular flexibility index (Phi) is 9.70. The van der Waals surface area contributed by atoms with Crippen molar-refractivity contribution in [3.8, 4) is 11.6 Å². The lowest BCUT2D eigenvalue weighted by Crippen LogP contribution is -2.05. The number of imidazole rings is 1. The summed E-state index contributed by atoms with van der Waals surface area (Å²) in [5, 5.41) is 8.51. The van der Waals surface area contributed by atoms with Crippen LogP contribution in [0, 0.1) is 13.8 Å². The molecule has 2 aromatic carbocycles. The Bertz CT molecular complexity index is 2240. The number of rotatable bonds is 14. The van der Waals surface area contributed by atoms with E-state index < -0.39 is 0 Å². The molecule has 1 aliphatic heterocycles. The fraction of sp³-hybridized carbons (Fsp3) is 0.263. The van der Waals surface area contributed by atoms with Gasteiger partial charge in [0.05, 0.1) is 43.7 Å². The maximum Gasteiger partial charge on any atom is 0.245 e. The van der Waals surface area contributed by atoms with Crippen LogP contribution < -0.4 is 15.2 Å². The van der Waals surface area contributed by atoms with E-state index in [1.807, 2.05) is 54.2 Å². The van der Waals surface area contributed by atoms with Crippen molar-refractivity contribution in [2.45, 2.75) is 60.5 Å². The fourth-order valence-electron chi connectivity index (χ4n) is 6.05. The summed E-state index contributed by atoms with van der Waals surface area (Å²) in [6, 6.07) is 18.4. The van der Waals surface area contributed by atoms with Crippen molar-refractivity contribution in [3.05, 3.63) is 124 Å². The number of benzene rings is 2. The number of nitrogen functional groups attached to an aromatic ring is 1. The number of anilines is 1. The van der Waals surface area contributed by atoms with E-state index in [0.717, 1.165) is 68.5 Å². The number of H-pyrrole nitrogens is 2. The van der Waals surface area contributed by atoms with Crippen LogP contribution in [0.5, 0.6) is 11.6 Å². The lowest BCUT2D eigenvalue weighted by molar-refractivity contribution is 0.104. The van der Waals surface area contributed by atoms with Crippen LogP contribution in [0.1, 0.15) is 59.6 Å². The molecule has 6 aromatic rings. The van der Waals surface area contributed by atoms with Gasteiger partial charge in [0, 0.05) is 29.9 Å². The van der Waals surface area contributed by atoms with Gasteiger partial charge in [-0.1, -0.05) is 41.6 Å². The van der Waals surface area contributed by atoms with Crippen molar-refractivity contribution >= 4 is 28.4 Å². The fourth-order valence-corrected chi connectivity index (χ4v) is 6.05. The van der Waals surface area contributed by atoms with Gasteiger partial charge in [0.25, 0.3) is 0 Å². The highest BCUT2D eigenvalue weighted by Crippen LogP contribution is 2.35. The number of allylic oxidation sites excluding steroid dienone is 2. The van der Waals surface area contributed by atoms with E-state index in [-0.39, 0.29) is 5.95 Å². The zero-order chi connectivity index (χ0) is 35.3. The van der Waals surface area contributed by atoms with Crippen molar-refractivity contribution < 1.29 is 14.2 Å². The molecule has 4 N–H and O–H groups in total. The van der Waals surface area contributed by atoms with Crippen LogP contribution in [0.4, 0.5) is 5.95 Å². The van der Waals surface area contributed by atoms with Crippen molar-refractivity contribution in [2.24, 2.45) is 4.99 Å². The number of hydrogen-bond donors (Lipinski definition) is 3. The normalized spacial score (nSPS) is 13.8. The molecule has 13 nitrogen and oxygen atoms in total. The van der Waals surface area contributed by atoms with Gasteiger partial charge in [0.15, 0.2) is 5.65 Å². The number of nitrogens with zero attached hydrogens (tertiary/aromatic N) is 7. The van der Waals surface area contributed by atoms with Crippen LogP contribution in [-0.4, -0.2) is 52.2 Å². The summed E-state index contributed by atoms with van der Waals surface area (Å²) in [5.74, 6) is 1.30. The molecule has 0 atom stereocenters. The van der Waals surface area contributed by atoms with E-state index in [0.29, 0.717) is 50.0 Å². The first-order valence-electron chi connectivity index (χ1n) is 16.8. The zero-order valence-corrected chi connectivity index (χ0v) is 29.1. The lowest BCUT2D eigenvalue weighted by Gasteiger charge is -2.13. The monoisotopic (exact) mass is 684 g/mol. The van der Waals surface area contributed by atoms with Crippen molar-refractivity contribution in [2.75, 3.05) is 12.3 Å². The summed E-state index contributed by atoms with van der Waals surface area (Å²) in [4.78, 5) is 23.7. The molecule has 1 aliphatic rings. The Morgan fingerprint density at radius 1 is 0.902 bits per heavy atom. The van der Waals surface area contributed by atoms with Gasteiger partial charge in [0.1, 0.15) is 23.6 Å². The highest BCUT2D eigenvalue weighted by atomic mass is 16.5. The third-order valence-electron chi connectivity index (χ3n) is 8.44. The van der Waals surface area contributed by atoms with E-state index >= 15 is 0 Å². The Hall–Kier alpha value is -6.08. The summed E-state index contributed by atoms with van der Waals surface area (Å²) >= 11 is 0. The molecule has 7 rings (SSSR count). The molecule has 0 fully saturated rings. The molecule has 0 unspecified atom stereocenters. The number of hydrogen-bond acceptors (Lipinski definition) is 10. The quantitative estimate of drug-likeness (QED) is 0.110. The van der Waals surface area contributed by atoms with Crippen LogP contribution in [0.15, 0.2) is 89.5 Å². The molecule has 4 aromatic heterocycles. The molecule has 0 saturated carbocycles. The number of aliphatic imine (C=N–C) groups is 1. The van der Waals surface area contributed by atoms with Gasteiger partial charge < -0.3 is 29.9 Å². The third-order valence-corrected chi connectivity index (χ3v) is 8.44. The molecule has 0 amide bonds. The van der Waals surface area contributed by atoms with Crippen molar-refractivity contribution in [3.63, 3.8) is 0 Å². The van der Waals surface area contributed by atoms with Gasteiger partial charge in [-0.15, -0.1) is 5.10 Å². The lowest BCUT2D eigenvalue weighted by atomic mass is 9.96. The Morgan fingerprint density at radius 2 is 1.69 bits per heavy atom. The second kappa shape index (κ2) is 14.8. The van der Waals surface area contributed by atoms with Crippen molar-refractivity contribution in [1.29, 1.82) is 0 Å². The molecule has 0 radical (unpaired) electrons. The number of nitrogens with two attached hydrogens (primary N) is 1. The highest BCUT2D eigenvalue weighted by Gasteiger charge is 2.20. The Morgan fingerprint density at radius 3 is 2.41 bits per heavy atom. The first-order valence-corrected chi connectivity index (χ1v) is 16.8. The van der Waals surface area contributed by atoms with E-state index in [2.05, 4.69) is 80.3 Å². The zero-order valence-electron chi connectivity index (χ0n) is 29.1. The first-order chi connectivity index (χ1) is 24.8. The second-order valence-corrected chi connectivity index (χ2v) is 12.6. The van der Waals surface area contributed by atoms with Crippen LogP contribution in [0.2, 0.25) is 0 Å². The van der Waals surface area contributed by atoms with E-state index in [9.17, 15) is 0 Å². The van der Waals surface area contributed by atoms with Crippen LogP contribution in [-0.2, 0) is 31.1 Å². The molecular formula is C38H40N10O3. The molecule has 0 aliphatic carbocycles. The van der Waals surface area contributed by atoms with Gasteiger partial charge in [0.2, 0.25) is 11.8 Å². The molecule has 0 spiro atoms.